The van der Waals surface area contributed by atoms with Gasteiger partial charge in [-0.1, -0.05) is 18.6 Å². The number of hydrogen-bond donors (Lipinski definition) is 2. The van der Waals surface area contributed by atoms with E-state index < -0.39 is 27.7 Å². The number of alkyl carbamates (subject to hydrolysis) is 1. The molecule has 3 N–H and O–H groups in total. The molecule has 0 bridgehead atoms. The maximum atomic E-state index is 15.4. The van der Waals surface area contributed by atoms with Gasteiger partial charge in [-0.25, -0.2) is 22.0 Å². The summed E-state index contributed by atoms with van der Waals surface area (Å²) in [6, 6.07) is 16.4. The Hall–Kier alpha value is -4.07. The zero-order valence-electron chi connectivity index (χ0n) is 30.2. The summed E-state index contributed by atoms with van der Waals surface area (Å²) in [4.78, 5) is 30.6. The van der Waals surface area contributed by atoms with Crippen molar-refractivity contribution in [1.29, 1.82) is 0 Å². The summed E-state index contributed by atoms with van der Waals surface area (Å²) in [7, 11) is -2.59. The van der Waals surface area contributed by atoms with Gasteiger partial charge in [0.25, 0.3) is 0 Å². The van der Waals surface area contributed by atoms with E-state index in [4.69, 9.17) is 10.5 Å². The molecular weight excluding hydrogens is 701 g/mol. The first-order chi connectivity index (χ1) is 25.5. The van der Waals surface area contributed by atoms with Gasteiger partial charge in [0, 0.05) is 49.1 Å². The van der Waals surface area contributed by atoms with Crippen LogP contribution in [0.3, 0.4) is 0 Å². The molecule has 0 radical (unpaired) electrons. The SMILES string of the molecule is COC(=O)N[C@H]1CCC[C@@H]1[C@](CN1CCC1)(c1cccc(F)c1)C1CCN(CC2CN(c3ccc(S(=O)(=O)c4ccc(C(N)=O)cc4)cc3F)C2)CC1. The number of nitrogens with one attached hydrogen (secondary N) is 1. The summed E-state index contributed by atoms with van der Waals surface area (Å²) in [5.74, 6) is -0.695. The summed E-state index contributed by atoms with van der Waals surface area (Å²) < 4.78 is 61.7. The molecule has 3 atom stereocenters. The van der Waals surface area contributed by atoms with E-state index in [1.165, 1.54) is 49.6 Å². The molecule has 10 nitrogen and oxygen atoms in total. The molecule has 4 aliphatic rings. The fourth-order valence-electron chi connectivity index (χ4n) is 9.46. The first-order valence-electron chi connectivity index (χ1n) is 18.7. The van der Waals surface area contributed by atoms with Crippen LogP contribution in [-0.4, -0.2) is 95.7 Å². The number of piperidine rings is 1. The Balaban J connectivity index is 1.01. The van der Waals surface area contributed by atoms with Gasteiger partial charge in [0.15, 0.2) is 0 Å². The Morgan fingerprint density at radius 1 is 0.887 bits per heavy atom. The number of sulfone groups is 1. The van der Waals surface area contributed by atoms with Crippen LogP contribution >= 0.6 is 0 Å². The van der Waals surface area contributed by atoms with Gasteiger partial charge in [-0.3, -0.25) is 4.79 Å². The van der Waals surface area contributed by atoms with Crippen molar-refractivity contribution in [2.24, 2.45) is 23.5 Å². The molecule has 4 fully saturated rings. The maximum Gasteiger partial charge on any atom is 0.407 e. The van der Waals surface area contributed by atoms with Crippen LogP contribution < -0.4 is 16.0 Å². The number of nitrogens with zero attached hydrogens (tertiary/aromatic N) is 3. The number of carbonyl (C=O) groups excluding carboxylic acids is 2. The monoisotopic (exact) mass is 749 g/mol. The number of primary amides is 1. The quantitative estimate of drug-likeness (QED) is 0.259. The second kappa shape index (κ2) is 15.3. The second-order valence-corrected chi connectivity index (χ2v) is 17.3. The summed E-state index contributed by atoms with van der Waals surface area (Å²) in [6.07, 6.45) is 5.49. The highest BCUT2D eigenvalue weighted by molar-refractivity contribution is 7.91. The third-order valence-electron chi connectivity index (χ3n) is 12.3. The molecule has 7 rings (SSSR count). The molecule has 3 saturated heterocycles. The molecular formula is C40H49F2N5O5S. The van der Waals surface area contributed by atoms with Crippen molar-refractivity contribution < 1.29 is 31.5 Å². The molecule has 53 heavy (non-hydrogen) atoms. The minimum absolute atomic E-state index is 0.0444. The van der Waals surface area contributed by atoms with Crippen molar-refractivity contribution in [3.05, 3.63) is 89.5 Å². The van der Waals surface area contributed by atoms with Gasteiger partial charge in [-0.05, 0) is 130 Å². The van der Waals surface area contributed by atoms with Gasteiger partial charge in [0.2, 0.25) is 15.7 Å². The molecule has 3 aromatic carbocycles. The number of hydrogen-bond acceptors (Lipinski definition) is 8. The Labute approximate surface area is 310 Å². The number of benzene rings is 3. The van der Waals surface area contributed by atoms with Crippen molar-refractivity contribution in [2.75, 3.05) is 64.4 Å². The Bertz CT molecular complexity index is 1910. The molecule has 3 aromatic rings. The first kappa shape index (κ1) is 37.3. The molecule has 1 aliphatic carbocycles. The predicted octanol–water partition coefficient (Wildman–Crippen LogP) is 5.21. The molecule has 0 aromatic heterocycles. The highest BCUT2D eigenvalue weighted by atomic mass is 32.2. The van der Waals surface area contributed by atoms with Crippen LogP contribution in [0.1, 0.15) is 54.4 Å². The normalized spacial score (nSPS) is 22.8. The van der Waals surface area contributed by atoms with Gasteiger partial charge < -0.3 is 30.5 Å². The molecule has 13 heteroatoms. The van der Waals surface area contributed by atoms with E-state index in [1.807, 2.05) is 11.0 Å². The van der Waals surface area contributed by atoms with Crippen LogP contribution in [0.5, 0.6) is 0 Å². The van der Waals surface area contributed by atoms with Crippen molar-refractivity contribution >= 4 is 27.5 Å². The average molecular weight is 750 g/mol. The third kappa shape index (κ3) is 7.52. The fourth-order valence-corrected chi connectivity index (χ4v) is 10.7. The molecule has 0 unspecified atom stereocenters. The molecule has 284 valence electrons. The number of nitrogens with two attached hydrogens (primary N) is 1. The zero-order chi connectivity index (χ0) is 37.3. The smallest absolute Gasteiger partial charge is 0.407 e. The minimum atomic E-state index is -3.98. The average Bonchev–Trinajstić information content (AvgIpc) is 3.58. The van der Waals surface area contributed by atoms with E-state index in [0.29, 0.717) is 30.6 Å². The Morgan fingerprint density at radius 2 is 1.60 bits per heavy atom. The number of ether oxygens (including phenoxy) is 1. The predicted molar refractivity (Wildman–Crippen MR) is 197 cm³/mol. The topological polar surface area (TPSA) is 125 Å². The number of likely N-dealkylation sites (tertiary alicyclic amines) is 2. The van der Waals surface area contributed by atoms with Crippen LogP contribution in [0, 0.1) is 29.4 Å². The van der Waals surface area contributed by atoms with Crippen LogP contribution in [0.15, 0.2) is 76.5 Å². The van der Waals surface area contributed by atoms with Gasteiger partial charge >= 0.3 is 6.09 Å². The van der Waals surface area contributed by atoms with E-state index in [-0.39, 0.29) is 38.5 Å². The summed E-state index contributed by atoms with van der Waals surface area (Å²) in [5.41, 5.74) is 6.53. The Kier molecular flexibility index (Phi) is 10.8. The van der Waals surface area contributed by atoms with E-state index in [1.54, 1.807) is 6.07 Å². The molecule has 0 spiro atoms. The largest absolute Gasteiger partial charge is 0.453 e. The summed E-state index contributed by atoms with van der Waals surface area (Å²) >= 11 is 0. The van der Waals surface area contributed by atoms with Gasteiger partial charge in [-0.15, -0.1) is 0 Å². The minimum Gasteiger partial charge on any atom is -0.453 e. The van der Waals surface area contributed by atoms with Crippen LogP contribution in [0.4, 0.5) is 19.3 Å². The molecule has 3 heterocycles. The number of halogens is 2. The van der Waals surface area contributed by atoms with Crippen LogP contribution in [-0.2, 0) is 20.0 Å². The molecule has 1 saturated carbocycles. The van der Waals surface area contributed by atoms with Crippen molar-refractivity contribution in [3.63, 3.8) is 0 Å². The molecule has 3 aliphatic heterocycles. The number of carbonyl (C=O) groups is 2. The van der Waals surface area contributed by atoms with Crippen LogP contribution in [0.25, 0.3) is 0 Å². The number of amides is 2. The summed E-state index contributed by atoms with van der Waals surface area (Å²) in [5, 5.41) is 3.15. The van der Waals surface area contributed by atoms with E-state index in [9.17, 15) is 22.4 Å². The lowest BCUT2D eigenvalue weighted by molar-refractivity contribution is 0.0223. The first-order valence-corrected chi connectivity index (χ1v) is 20.2. The van der Waals surface area contributed by atoms with Crippen molar-refractivity contribution in [3.8, 4) is 0 Å². The van der Waals surface area contributed by atoms with Gasteiger partial charge in [0.1, 0.15) is 11.6 Å². The van der Waals surface area contributed by atoms with E-state index in [2.05, 4.69) is 21.2 Å². The zero-order valence-corrected chi connectivity index (χ0v) is 31.0. The van der Waals surface area contributed by atoms with Crippen molar-refractivity contribution in [2.45, 2.75) is 59.8 Å². The highest BCUT2D eigenvalue weighted by Gasteiger charge is 2.53. The molecule has 2 amide bonds. The number of anilines is 1. The second-order valence-electron chi connectivity index (χ2n) is 15.3. The van der Waals surface area contributed by atoms with Gasteiger partial charge in [0.05, 0.1) is 22.6 Å². The fraction of sp³-hybridized carbons (Fsp3) is 0.500. The van der Waals surface area contributed by atoms with Gasteiger partial charge in [-0.2, -0.15) is 0 Å². The van der Waals surface area contributed by atoms with Crippen molar-refractivity contribution in [1.82, 2.24) is 15.1 Å². The highest BCUT2D eigenvalue weighted by Crippen LogP contribution is 2.51. The van der Waals surface area contributed by atoms with E-state index >= 15 is 4.39 Å². The third-order valence-corrected chi connectivity index (χ3v) is 14.0. The lowest BCUT2D eigenvalue weighted by Gasteiger charge is -2.54. The number of methoxy groups -OCH3 is 1. The Morgan fingerprint density at radius 3 is 2.23 bits per heavy atom. The maximum absolute atomic E-state index is 15.4. The standard InChI is InChI=1S/C40H49F2N5O5S/c1-52-39(49)44-36-8-3-7-34(36)40(26-46-17-4-18-46,30-5-2-6-31(41)21-30)29-15-19-45(20-16-29)23-27-24-47(25-27)37-14-13-33(22-35(37)42)53(50,51)32-11-9-28(10-12-32)38(43)48/h2,5-6,9-14,21-22,27,29,34,36H,3-4,7-8,15-20,23-26H2,1H3,(H2,43,48)(H,44,49)/t34-,36-,40-/m0/s1. The summed E-state index contributed by atoms with van der Waals surface area (Å²) in [6.45, 7) is 6.93. The number of rotatable bonds is 12. The van der Waals surface area contributed by atoms with Crippen LogP contribution in [0.2, 0.25) is 0 Å². The lowest BCUT2D eigenvalue weighted by Crippen LogP contribution is -2.60. The van der Waals surface area contributed by atoms with E-state index in [0.717, 1.165) is 89.4 Å². The lowest BCUT2D eigenvalue weighted by atomic mass is 9.57.